The van der Waals surface area contributed by atoms with Gasteiger partial charge in [-0.1, -0.05) is 30.3 Å². The topological polar surface area (TPSA) is 72.4 Å². The molecule has 104 valence electrons. The van der Waals surface area contributed by atoms with E-state index in [-0.39, 0.29) is 19.1 Å². The molecule has 1 aromatic carbocycles. The van der Waals surface area contributed by atoms with E-state index in [0.717, 1.165) is 5.56 Å². The van der Waals surface area contributed by atoms with E-state index in [9.17, 15) is 9.59 Å². The lowest BCUT2D eigenvalue weighted by Crippen LogP contribution is -2.35. The number of alkyl carbamates (subject to hydrolysis) is 1. The fourth-order valence-electron chi connectivity index (χ4n) is 1.52. The Balaban J connectivity index is 1.66. The maximum absolute atomic E-state index is 11.5. The Morgan fingerprint density at radius 3 is 2.45 bits per heavy atom. The summed E-state index contributed by atoms with van der Waals surface area (Å²) in [5.74, 6) is -0.335. The fourth-order valence-corrected chi connectivity index (χ4v) is 1.52. The molecule has 2 amide bonds. The van der Waals surface area contributed by atoms with Crippen molar-refractivity contribution in [2.24, 2.45) is 0 Å². The minimum atomic E-state index is -0.628. The van der Waals surface area contributed by atoms with Crippen molar-refractivity contribution in [1.82, 2.24) is 9.99 Å². The summed E-state index contributed by atoms with van der Waals surface area (Å²) in [5.41, 5.74) is 3.45. The van der Waals surface area contributed by atoms with Gasteiger partial charge in [-0.3, -0.25) is 14.9 Å². The van der Waals surface area contributed by atoms with Crippen LogP contribution >= 0.6 is 0 Å². The van der Waals surface area contributed by atoms with E-state index in [0.29, 0.717) is 0 Å². The van der Waals surface area contributed by atoms with Crippen LogP contribution in [0.25, 0.3) is 0 Å². The van der Waals surface area contributed by atoms with E-state index < -0.39 is 6.09 Å². The quantitative estimate of drug-likeness (QED) is 0.866. The maximum Gasteiger partial charge on any atom is 0.407 e. The predicted molar refractivity (Wildman–Crippen MR) is 73.4 cm³/mol. The molecule has 0 fully saturated rings. The first kappa shape index (κ1) is 13.7. The monoisotopic (exact) mass is 273 g/mol. The van der Waals surface area contributed by atoms with Crippen molar-refractivity contribution in [2.75, 3.05) is 12.0 Å². The van der Waals surface area contributed by atoms with E-state index in [2.05, 4.69) is 10.7 Å². The lowest BCUT2D eigenvalue weighted by atomic mass is 10.2. The van der Waals surface area contributed by atoms with Crippen LogP contribution in [0.15, 0.2) is 54.9 Å². The highest BCUT2D eigenvalue weighted by Gasteiger charge is 2.06. The molecule has 0 aliphatic carbocycles. The molecule has 0 spiro atoms. The Labute approximate surface area is 116 Å². The number of hydrogen-bond donors (Lipinski definition) is 2. The van der Waals surface area contributed by atoms with Gasteiger partial charge < -0.3 is 10.1 Å². The zero-order chi connectivity index (χ0) is 14.2. The fraction of sp³-hybridized carbons (Fsp3) is 0.143. The Morgan fingerprint density at radius 1 is 1.05 bits per heavy atom. The van der Waals surface area contributed by atoms with Crippen LogP contribution in [0.1, 0.15) is 5.56 Å². The van der Waals surface area contributed by atoms with Gasteiger partial charge in [0.2, 0.25) is 0 Å². The lowest BCUT2D eigenvalue weighted by Gasteiger charge is -2.08. The van der Waals surface area contributed by atoms with Crippen LogP contribution in [0.4, 0.5) is 4.79 Å². The first-order valence-corrected chi connectivity index (χ1v) is 6.11. The SMILES string of the molecule is O=C(CNC(=O)OCc1ccccc1)Nn1cccc1. The summed E-state index contributed by atoms with van der Waals surface area (Å²) < 4.78 is 6.48. The molecule has 20 heavy (non-hydrogen) atoms. The van der Waals surface area contributed by atoms with Crippen LogP contribution < -0.4 is 10.7 Å². The van der Waals surface area contributed by atoms with Crippen molar-refractivity contribution >= 4 is 12.0 Å². The first-order chi connectivity index (χ1) is 9.74. The molecule has 2 rings (SSSR count). The molecule has 0 atom stereocenters. The number of carbonyl (C=O) groups is 2. The van der Waals surface area contributed by atoms with Gasteiger partial charge in [-0.05, 0) is 17.7 Å². The summed E-state index contributed by atoms with van der Waals surface area (Å²) in [4.78, 5) is 22.9. The van der Waals surface area contributed by atoms with Gasteiger partial charge in [0.1, 0.15) is 13.2 Å². The maximum atomic E-state index is 11.5. The number of carbonyl (C=O) groups excluding carboxylic acids is 2. The molecule has 1 aromatic heterocycles. The molecule has 0 aliphatic heterocycles. The molecular weight excluding hydrogens is 258 g/mol. The second kappa shape index (κ2) is 6.98. The third-order valence-electron chi connectivity index (χ3n) is 2.46. The van der Waals surface area contributed by atoms with Crippen LogP contribution in [0.3, 0.4) is 0 Å². The van der Waals surface area contributed by atoms with Crippen molar-refractivity contribution < 1.29 is 14.3 Å². The Kier molecular flexibility index (Phi) is 4.77. The molecule has 0 unspecified atom stereocenters. The van der Waals surface area contributed by atoms with Crippen molar-refractivity contribution in [3.05, 3.63) is 60.4 Å². The summed E-state index contributed by atoms with van der Waals surface area (Å²) in [7, 11) is 0. The first-order valence-electron chi connectivity index (χ1n) is 6.11. The van der Waals surface area contributed by atoms with Crippen molar-refractivity contribution in [3.8, 4) is 0 Å². The molecule has 6 heteroatoms. The normalized spacial score (nSPS) is 9.80. The second-order valence-corrected chi connectivity index (χ2v) is 4.04. The number of benzene rings is 1. The van der Waals surface area contributed by atoms with Crippen molar-refractivity contribution in [1.29, 1.82) is 0 Å². The molecular formula is C14H15N3O3. The van der Waals surface area contributed by atoms with Crippen molar-refractivity contribution in [2.45, 2.75) is 6.61 Å². The number of amides is 2. The largest absolute Gasteiger partial charge is 0.445 e. The average Bonchev–Trinajstić information content (AvgIpc) is 2.97. The molecule has 0 saturated heterocycles. The van der Waals surface area contributed by atoms with Gasteiger partial charge in [0.25, 0.3) is 5.91 Å². The molecule has 6 nitrogen and oxygen atoms in total. The van der Waals surface area contributed by atoms with E-state index in [1.165, 1.54) is 4.68 Å². The van der Waals surface area contributed by atoms with Gasteiger partial charge in [-0.2, -0.15) is 0 Å². The predicted octanol–water partition coefficient (Wildman–Crippen LogP) is 1.48. The number of nitrogens with zero attached hydrogens (tertiary/aromatic N) is 1. The van der Waals surface area contributed by atoms with Crippen LogP contribution in [0, 0.1) is 0 Å². The van der Waals surface area contributed by atoms with E-state index >= 15 is 0 Å². The summed E-state index contributed by atoms with van der Waals surface area (Å²) in [6, 6.07) is 12.9. The van der Waals surface area contributed by atoms with Gasteiger partial charge >= 0.3 is 6.09 Å². The number of aromatic nitrogens is 1. The van der Waals surface area contributed by atoms with Gasteiger partial charge in [-0.15, -0.1) is 0 Å². The Hall–Kier alpha value is -2.76. The molecule has 2 N–H and O–H groups in total. The van der Waals surface area contributed by atoms with Crippen LogP contribution in [0.2, 0.25) is 0 Å². The number of hydrogen-bond acceptors (Lipinski definition) is 3. The van der Waals surface area contributed by atoms with E-state index in [4.69, 9.17) is 4.74 Å². The zero-order valence-electron chi connectivity index (χ0n) is 10.8. The summed E-state index contributed by atoms with van der Waals surface area (Å²) in [5, 5.41) is 2.38. The number of rotatable bonds is 5. The minimum absolute atomic E-state index is 0.147. The highest BCUT2D eigenvalue weighted by atomic mass is 16.5. The molecule has 0 radical (unpaired) electrons. The minimum Gasteiger partial charge on any atom is -0.445 e. The van der Waals surface area contributed by atoms with E-state index in [1.807, 2.05) is 30.3 Å². The van der Waals surface area contributed by atoms with E-state index in [1.54, 1.807) is 24.5 Å². The summed E-state index contributed by atoms with van der Waals surface area (Å²) >= 11 is 0. The summed E-state index contributed by atoms with van der Waals surface area (Å²) in [6.45, 7) is 0.0255. The molecule has 0 bridgehead atoms. The number of nitrogens with one attached hydrogen (secondary N) is 2. The van der Waals surface area contributed by atoms with Crippen molar-refractivity contribution in [3.63, 3.8) is 0 Å². The highest BCUT2D eigenvalue weighted by molar-refractivity contribution is 5.88. The molecule has 0 saturated carbocycles. The third kappa shape index (κ3) is 4.49. The van der Waals surface area contributed by atoms with Gasteiger partial charge in [0, 0.05) is 12.4 Å². The standard InChI is InChI=1S/C14H15N3O3/c18-13(16-17-8-4-5-9-17)10-15-14(19)20-11-12-6-2-1-3-7-12/h1-9H,10-11H2,(H,15,19)(H,16,18). The number of ether oxygens (including phenoxy) is 1. The lowest BCUT2D eigenvalue weighted by molar-refractivity contribution is -0.116. The third-order valence-corrected chi connectivity index (χ3v) is 2.46. The van der Waals surface area contributed by atoms with Gasteiger partial charge in [-0.25, -0.2) is 4.79 Å². The smallest absolute Gasteiger partial charge is 0.407 e. The highest BCUT2D eigenvalue weighted by Crippen LogP contribution is 2.00. The summed E-state index contributed by atoms with van der Waals surface area (Å²) in [6.07, 6.45) is 2.74. The van der Waals surface area contributed by atoms with Crippen LogP contribution in [0.5, 0.6) is 0 Å². The van der Waals surface area contributed by atoms with Gasteiger partial charge in [0.15, 0.2) is 0 Å². The zero-order valence-corrected chi connectivity index (χ0v) is 10.8. The molecule has 2 aromatic rings. The Bertz CT molecular complexity index is 552. The van der Waals surface area contributed by atoms with Crippen LogP contribution in [-0.4, -0.2) is 23.2 Å². The molecule has 0 aliphatic rings. The molecule has 1 heterocycles. The Morgan fingerprint density at radius 2 is 1.75 bits per heavy atom. The average molecular weight is 273 g/mol. The van der Waals surface area contributed by atoms with Gasteiger partial charge in [0.05, 0.1) is 0 Å². The van der Waals surface area contributed by atoms with Crippen LogP contribution in [-0.2, 0) is 16.1 Å². The second-order valence-electron chi connectivity index (χ2n) is 4.04.